The van der Waals surface area contributed by atoms with Gasteiger partial charge in [-0.25, -0.2) is 4.79 Å². The molecule has 0 amide bonds. The molecule has 0 aromatic heterocycles. The highest BCUT2D eigenvalue weighted by Gasteiger charge is 2.53. The van der Waals surface area contributed by atoms with Gasteiger partial charge in [0, 0.05) is 20.3 Å². The van der Waals surface area contributed by atoms with Gasteiger partial charge >= 0.3 is 5.97 Å². The number of cyclic esters (lactones) is 1. The summed E-state index contributed by atoms with van der Waals surface area (Å²) in [6, 6.07) is 0. The van der Waals surface area contributed by atoms with Gasteiger partial charge in [0.25, 0.3) is 0 Å². The molecule has 0 spiro atoms. The second kappa shape index (κ2) is 3.57. The number of ketones is 1. The molecule has 1 N–H and O–H groups in total. The maximum Gasteiger partial charge on any atom is 0.341 e. The maximum atomic E-state index is 11.4. The van der Waals surface area contributed by atoms with Crippen molar-refractivity contribution in [1.29, 1.82) is 0 Å². The van der Waals surface area contributed by atoms with Gasteiger partial charge in [-0.3, -0.25) is 4.79 Å². The molecule has 15 heavy (non-hydrogen) atoms. The Hall–Kier alpha value is -0.940. The van der Waals surface area contributed by atoms with E-state index < -0.39 is 29.2 Å². The first-order valence-corrected chi connectivity index (χ1v) is 4.87. The van der Waals surface area contributed by atoms with Crippen LogP contribution in [0.2, 0.25) is 0 Å². The van der Waals surface area contributed by atoms with E-state index in [-0.39, 0.29) is 6.42 Å². The lowest BCUT2D eigenvalue weighted by Gasteiger charge is -2.25. The van der Waals surface area contributed by atoms with Crippen molar-refractivity contribution in [3.63, 3.8) is 0 Å². The van der Waals surface area contributed by atoms with Crippen molar-refractivity contribution in [2.24, 2.45) is 0 Å². The molecule has 1 rings (SSSR count). The molecule has 0 bridgehead atoms. The minimum atomic E-state index is -1.82. The SMILES string of the molecule is CCC(=O)C(C)(O)C1OC(C)(C)OC1=O. The average Bonchev–Trinajstić information content (AvgIpc) is 2.38. The summed E-state index contributed by atoms with van der Waals surface area (Å²) >= 11 is 0. The van der Waals surface area contributed by atoms with Crippen LogP contribution >= 0.6 is 0 Å². The van der Waals surface area contributed by atoms with Crippen molar-refractivity contribution in [3.05, 3.63) is 0 Å². The van der Waals surface area contributed by atoms with Crippen molar-refractivity contribution >= 4 is 11.8 Å². The van der Waals surface area contributed by atoms with E-state index in [1.807, 2.05) is 0 Å². The Morgan fingerprint density at radius 2 is 2.13 bits per heavy atom. The van der Waals surface area contributed by atoms with E-state index in [0.29, 0.717) is 0 Å². The molecule has 0 saturated carbocycles. The molecule has 1 saturated heterocycles. The van der Waals surface area contributed by atoms with Crippen molar-refractivity contribution in [2.75, 3.05) is 0 Å². The Balaban J connectivity index is 2.90. The monoisotopic (exact) mass is 216 g/mol. The molecular formula is C10H16O5. The predicted octanol–water partition coefficient (Wildman–Crippen LogP) is 0.395. The fraction of sp³-hybridized carbons (Fsp3) is 0.800. The van der Waals surface area contributed by atoms with Gasteiger partial charge in [-0.15, -0.1) is 0 Å². The highest BCUT2D eigenvalue weighted by Crippen LogP contribution is 2.30. The highest BCUT2D eigenvalue weighted by atomic mass is 16.8. The van der Waals surface area contributed by atoms with E-state index >= 15 is 0 Å². The van der Waals surface area contributed by atoms with Gasteiger partial charge in [-0.05, 0) is 6.92 Å². The van der Waals surface area contributed by atoms with Gasteiger partial charge in [0.1, 0.15) is 0 Å². The number of hydrogen-bond donors (Lipinski definition) is 1. The molecule has 1 heterocycles. The van der Waals surface area contributed by atoms with Crippen LogP contribution in [-0.2, 0) is 19.1 Å². The fourth-order valence-electron chi connectivity index (χ4n) is 1.50. The van der Waals surface area contributed by atoms with Gasteiger partial charge in [0.15, 0.2) is 17.5 Å². The molecule has 1 aliphatic heterocycles. The zero-order valence-corrected chi connectivity index (χ0v) is 9.36. The predicted molar refractivity (Wildman–Crippen MR) is 51.0 cm³/mol. The second-order valence-corrected chi connectivity index (χ2v) is 4.24. The molecule has 86 valence electrons. The van der Waals surface area contributed by atoms with Crippen LogP contribution in [0.1, 0.15) is 34.1 Å². The molecule has 1 aliphatic rings. The first kappa shape index (κ1) is 12.1. The van der Waals surface area contributed by atoms with Gasteiger partial charge in [-0.2, -0.15) is 0 Å². The third kappa shape index (κ3) is 2.18. The molecule has 0 aromatic carbocycles. The van der Waals surface area contributed by atoms with Crippen LogP contribution in [-0.4, -0.2) is 34.4 Å². The van der Waals surface area contributed by atoms with Crippen LogP contribution in [0, 0.1) is 0 Å². The normalized spacial score (nSPS) is 28.3. The number of rotatable bonds is 3. The van der Waals surface area contributed by atoms with Gasteiger partial charge < -0.3 is 14.6 Å². The fourth-order valence-corrected chi connectivity index (χ4v) is 1.50. The van der Waals surface area contributed by atoms with Crippen molar-refractivity contribution < 1.29 is 24.2 Å². The number of esters is 1. The number of hydrogen-bond acceptors (Lipinski definition) is 5. The van der Waals surface area contributed by atoms with Crippen molar-refractivity contribution in [2.45, 2.75) is 51.6 Å². The smallest absolute Gasteiger partial charge is 0.341 e. The Bertz CT molecular complexity index is 292. The molecule has 0 radical (unpaired) electrons. The minimum Gasteiger partial charge on any atom is -0.432 e. The lowest BCUT2D eigenvalue weighted by molar-refractivity contribution is -0.174. The summed E-state index contributed by atoms with van der Waals surface area (Å²) in [6.07, 6.45) is -1.10. The molecule has 2 atom stereocenters. The van der Waals surface area contributed by atoms with Crippen LogP contribution in [0.3, 0.4) is 0 Å². The molecule has 0 aliphatic carbocycles. The molecule has 5 heteroatoms. The molecule has 5 nitrogen and oxygen atoms in total. The quantitative estimate of drug-likeness (QED) is 0.691. The van der Waals surface area contributed by atoms with Crippen molar-refractivity contribution in [1.82, 2.24) is 0 Å². The number of carbonyl (C=O) groups is 2. The molecule has 1 fully saturated rings. The van der Waals surface area contributed by atoms with Crippen LogP contribution < -0.4 is 0 Å². The summed E-state index contributed by atoms with van der Waals surface area (Å²) in [5.41, 5.74) is -1.82. The number of aliphatic hydroxyl groups is 1. The summed E-state index contributed by atoms with van der Waals surface area (Å²) in [5.74, 6) is -2.23. The summed E-state index contributed by atoms with van der Waals surface area (Å²) in [6.45, 7) is 5.99. The lowest BCUT2D eigenvalue weighted by atomic mass is 9.92. The summed E-state index contributed by atoms with van der Waals surface area (Å²) in [4.78, 5) is 22.8. The molecule has 2 unspecified atom stereocenters. The van der Waals surface area contributed by atoms with E-state index in [1.165, 1.54) is 6.92 Å². The zero-order valence-electron chi connectivity index (χ0n) is 9.36. The zero-order chi connectivity index (χ0) is 11.9. The minimum absolute atomic E-state index is 0.139. The Morgan fingerprint density at radius 3 is 2.47 bits per heavy atom. The molecule has 0 aromatic rings. The van der Waals surface area contributed by atoms with Gasteiger partial charge in [0.05, 0.1) is 0 Å². The average molecular weight is 216 g/mol. The van der Waals surface area contributed by atoms with E-state index in [1.54, 1.807) is 20.8 Å². The van der Waals surface area contributed by atoms with Crippen LogP contribution in [0.5, 0.6) is 0 Å². The maximum absolute atomic E-state index is 11.4. The largest absolute Gasteiger partial charge is 0.432 e. The molecular weight excluding hydrogens is 200 g/mol. The third-order valence-corrected chi connectivity index (χ3v) is 2.36. The Kier molecular flexibility index (Phi) is 2.89. The van der Waals surface area contributed by atoms with Crippen LogP contribution in [0.25, 0.3) is 0 Å². The van der Waals surface area contributed by atoms with Crippen LogP contribution in [0.15, 0.2) is 0 Å². The first-order chi connectivity index (χ1) is 6.70. The third-order valence-electron chi connectivity index (χ3n) is 2.36. The topological polar surface area (TPSA) is 72.8 Å². The van der Waals surface area contributed by atoms with Crippen molar-refractivity contribution in [3.8, 4) is 0 Å². The van der Waals surface area contributed by atoms with Gasteiger partial charge in [0.2, 0.25) is 5.79 Å². The summed E-state index contributed by atoms with van der Waals surface area (Å²) in [7, 11) is 0. The second-order valence-electron chi connectivity index (χ2n) is 4.24. The number of Topliss-reactive ketones (excluding diaryl/α,β-unsaturated/α-hetero) is 1. The number of ether oxygens (including phenoxy) is 2. The Morgan fingerprint density at radius 1 is 1.60 bits per heavy atom. The first-order valence-electron chi connectivity index (χ1n) is 4.87. The summed E-state index contributed by atoms with van der Waals surface area (Å²) < 4.78 is 10.1. The highest BCUT2D eigenvalue weighted by molar-refractivity contribution is 5.93. The lowest BCUT2D eigenvalue weighted by Crippen LogP contribution is -2.50. The Labute approximate surface area is 88.4 Å². The van der Waals surface area contributed by atoms with E-state index in [0.717, 1.165) is 0 Å². The van der Waals surface area contributed by atoms with E-state index in [9.17, 15) is 14.7 Å². The summed E-state index contributed by atoms with van der Waals surface area (Å²) in [5, 5.41) is 9.91. The standard InChI is InChI=1S/C10H16O5/c1-5-6(11)10(4,13)7-8(12)15-9(2,3)14-7/h7,13H,5H2,1-4H3. The van der Waals surface area contributed by atoms with E-state index in [4.69, 9.17) is 9.47 Å². The number of carbonyl (C=O) groups excluding carboxylic acids is 2. The van der Waals surface area contributed by atoms with E-state index in [2.05, 4.69) is 0 Å². The van der Waals surface area contributed by atoms with Crippen LogP contribution in [0.4, 0.5) is 0 Å². The van der Waals surface area contributed by atoms with Gasteiger partial charge in [-0.1, -0.05) is 6.92 Å².